The molecule has 6 nitrogen and oxygen atoms in total. The number of hydrogen-bond acceptors (Lipinski definition) is 3. The second-order valence-corrected chi connectivity index (χ2v) is 8.13. The summed E-state index contributed by atoms with van der Waals surface area (Å²) in [5.74, 6) is 0.249. The topological polar surface area (TPSA) is 72.9 Å². The van der Waals surface area contributed by atoms with Crippen LogP contribution in [0.4, 0.5) is 4.79 Å². The van der Waals surface area contributed by atoms with Crippen LogP contribution in [0.25, 0.3) is 0 Å². The van der Waals surface area contributed by atoms with E-state index in [9.17, 15) is 14.7 Å². The van der Waals surface area contributed by atoms with Crippen molar-refractivity contribution < 1.29 is 14.7 Å². The fourth-order valence-electron chi connectivity index (χ4n) is 4.31. The van der Waals surface area contributed by atoms with Crippen LogP contribution in [-0.4, -0.2) is 65.2 Å². The van der Waals surface area contributed by atoms with E-state index in [1.165, 1.54) is 19.3 Å². The minimum Gasteiger partial charge on any atom is -0.388 e. The summed E-state index contributed by atoms with van der Waals surface area (Å²) in [6, 6.07) is 0.0779. The monoisotopic (exact) mass is 367 g/mol. The molecule has 150 valence electrons. The van der Waals surface area contributed by atoms with E-state index < -0.39 is 5.60 Å². The SMILES string of the molecule is CCN(CC)C(=O)N1CCC(C(=O)NCC(C)(O)C2CCCCC2)CC1. The second-order valence-electron chi connectivity index (χ2n) is 8.13. The molecule has 0 aromatic carbocycles. The molecule has 2 rings (SSSR count). The molecule has 0 aromatic heterocycles. The quantitative estimate of drug-likeness (QED) is 0.758. The maximum Gasteiger partial charge on any atom is 0.319 e. The van der Waals surface area contributed by atoms with E-state index >= 15 is 0 Å². The Bertz CT molecular complexity index is 463. The molecule has 26 heavy (non-hydrogen) atoms. The zero-order valence-corrected chi connectivity index (χ0v) is 16.8. The van der Waals surface area contributed by atoms with Crippen molar-refractivity contribution in [1.82, 2.24) is 15.1 Å². The molecular weight excluding hydrogens is 330 g/mol. The predicted octanol–water partition coefficient (Wildman–Crippen LogP) is 2.61. The first-order valence-electron chi connectivity index (χ1n) is 10.4. The highest BCUT2D eigenvalue weighted by molar-refractivity contribution is 5.79. The van der Waals surface area contributed by atoms with Crippen molar-refractivity contribution >= 4 is 11.9 Å². The van der Waals surface area contributed by atoms with E-state index in [4.69, 9.17) is 0 Å². The molecule has 3 amide bonds. The van der Waals surface area contributed by atoms with Crippen LogP contribution >= 0.6 is 0 Å². The Hall–Kier alpha value is -1.30. The number of likely N-dealkylation sites (tertiary alicyclic amines) is 1. The molecule has 0 bridgehead atoms. The Morgan fingerprint density at radius 3 is 2.19 bits per heavy atom. The molecule has 1 atom stereocenters. The normalized spacial score (nSPS) is 21.9. The summed E-state index contributed by atoms with van der Waals surface area (Å²) < 4.78 is 0. The Kier molecular flexibility index (Phi) is 7.74. The van der Waals surface area contributed by atoms with Crippen molar-refractivity contribution in [1.29, 1.82) is 0 Å². The third-order valence-corrected chi connectivity index (χ3v) is 6.28. The van der Waals surface area contributed by atoms with Crippen molar-refractivity contribution in [2.24, 2.45) is 11.8 Å². The molecule has 1 aliphatic heterocycles. The molecular formula is C20H37N3O3. The molecule has 1 aliphatic carbocycles. The van der Waals surface area contributed by atoms with Crippen LogP contribution in [0.3, 0.4) is 0 Å². The average molecular weight is 368 g/mol. The van der Waals surface area contributed by atoms with Crippen molar-refractivity contribution in [3.05, 3.63) is 0 Å². The Morgan fingerprint density at radius 2 is 1.65 bits per heavy atom. The van der Waals surface area contributed by atoms with Gasteiger partial charge in [0.05, 0.1) is 5.60 Å². The van der Waals surface area contributed by atoms with Gasteiger partial charge in [0.2, 0.25) is 5.91 Å². The highest BCUT2D eigenvalue weighted by Crippen LogP contribution is 2.32. The lowest BCUT2D eigenvalue weighted by molar-refractivity contribution is -0.128. The summed E-state index contributed by atoms with van der Waals surface area (Å²) in [7, 11) is 0. The fraction of sp³-hybridized carbons (Fsp3) is 0.900. The van der Waals surface area contributed by atoms with Gasteiger partial charge in [-0.05, 0) is 52.4 Å². The van der Waals surface area contributed by atoms with E-state index in [0.717, 1.165) is 12.8 Å². The fourth-order valence-corrected chi connectivity index (χ4v) is 4.31. The lowest BCUT2D eigenvalue weighted by Crippen LogP contribution is -2.51. The van der Waals surface area contributed by atoms with Crippen molar-refractivity contribution in [2.75, 3.05) is 32.7 Å². The molecule has 2 fully saturated rings. The number of carbonyl (C=O) groups excluding carboxylic acids is 2. The first-order valence-corrected chi connectivity index (χ1v) is 10.4. The zero-order chi connectivity index (χ0) is 19.2. The number of urea groups is 1. The molecule has 0 aromatic rings. The van der Waals surface area contributed by atoms with E-state index in [1.54, 1.807) is 0 Å². The van der Waals surface area contributed by atoms with Gasteiger partial charge in [0.25, 0.3) is 0 Å². The summed E-state index contributed by atoms with van der Waals surface area (Å²) in [6.45, 7) is 8.85. The minimum atomic E-state index is -0.824. The van der Waals surface area contributed by atoms with Crippen LogP contribution in [0.2, 0.25) is 0 Å². The minimum absolute atomic E-state index is 0.0241. The van der Waals surface area contributed by atoms with Gasteiger partial charge in [-0.3, -0.25) is 4.79 Å². The summed E-state index contributed by atoms with van der Waals surface area (Å²) in [5, 5.41) is 13.7. The lowest BCUT2D eigenvalue weighted by Gasteiger charge is -2.37. The highest BCUT2D eigenvalue weighted by Gasteiger charge is 2.34. The van der Waals surface area contributed by atoms with Gasteiger partial charge in [-0.25, -0.2) is 4.79 Å². The summed E-state index contributed by atoms with van der Waals surface area (Å²) in [5.41, 5.74) is -0.824. The molecule has 6 heteroatoms. The third-order valence-electron chi connectivity index (χ3n) is 6.28. The van der Waals surface area contributed by atoms with Crippen molar-refractivity contribution in [2.45, 2.75) is 71.3 Å². The Morgan fingerprint density at radius 1 is 1.08 bits per heavy atom. The van der Waals surface area contributed by atoms with E-state index in [1.807, 2.05) is 30.6 Å². The number of nitrogens with one attached hydrogen (secondary N) is 1. The van der Waals surface area contributed by atoms with Crippen LogP contribution in [0.15, 0.2) is 0 Å². The Balaban J connectivity index is 1.76. The summed E-state index contributed by atoms with van der Waals surface area (Å²) >= 11 is 0. The van der Waals surface area contributed by atoms with Gasteiger partial charge < -0.3 is 20.2 Å². The molecule has 2 aliphatic rings. The Labute approximate surface area is 158 Å². The molecule has 1 saturated carbocycles. The maximum absolute atomic E-state index is 12.5. The highest BCUT2D eigenvalue weighted by atomic mass is 16.3. The standard InChI is InChI=1S/C20H37N3O3/c1-4-22(5-2)19(25)23-13-11-16(12-14-23)18(24)21-15-20(3,26)17-9-7-6-8-10-17/h16-17,26H,4-15H2,1-3H3,(H,21,24). The number of amides is 3. The van der Waals surface area contributed by atoms with Crippen LogP contribution in [0.1, 0.15) is 65.7 Å². The van der Waals surface area contributed by atoms with E-state index in [-0.39, 0.29) is 23.8 Å². The number of piperidine rings is 1. The number of carbonyl (C=O) groups is 2. The smallest absolute Gasteiger partial charge is 0.319 e. The van der Waals surface area contributed by atoms with Gasteiger partial charge in [-0.1, -0.05) is 19.3 Å². The van der Waals surface area contributed by atoms with Crippen molar-refractivity contribution in [3.8, 4) is 0 Å². The van der Waals surface area contributed by atoms with Crippen LogP contribution < -0.4 is 5.32 Å². The van der Waals surface area contributed by atoms with Crippen LogP contribution in [-0.2, 0) is 4.79 Å². The second kappa shape index (κ2) is 9.58. The molecule has 1 heterocycles. The van der Waals surface area contributed by atoms with E-state index in [0.29, 0.717) is 45.6 Å². The molecule has 0 spiro atoms. The first-order chi connectivity index (χ1) is 12.4. The predicted molar refractivity (Wildman–Crippen MR) is 103 cm³/mol. The van der Waals surface area contributed by atoms with E-state index in [2.05, 4.69) is 5.32 Å². The summed E-state index contributed by atoms with van der Waals surface area (Å²) in [4.78, 5) is 28.6. The van der Waals surface area contributed by atoms with Crippen molar-refractivity contribution in [3.63, 3.8) is 0 Å². The van der Waals surface area contributed by atoms with Gasteiger partial charge in [0, 0.05) is 38.6 Å². The first kappa shape index (κ1) is 21.0. The number of nitrogens with zero attached hydrogens (tertiary/aromatic N) is 2. The lowest BCUT2D eigenvalue weighted by atomic mass is 9.78. The van der Waals surface area contributed by atoms with Gasteiger partial charge in [0.15, 0.2) is 0 Å². The molecule has 1 saturated heterocycles. The summed E-state index contributed by atoms with van der Waals surface area (Å²) in [6.07, 6.45) is 7.10. The molecule has 2 N–H and O–H groups in total. The average Bonchev–Trinajstić information content (AvgIpc) is 2.68. The molecule has 1 unspecified atom stereocenters. The van der Waals surface area contributed by atoms with Gasteiger partial charge >= 0.3 is 6.03 Å². The van der Waals surface area contributed by atoms with Gasteiger partial charge in [0.1, 0.15) is 0 Å². The maximum atomic E-state index is 12.5. The largest absolute Gasteiger partial charge is 0.388 e. The van der Waals surface area contributed by atoms with Gasteiger partial charge in [-0.2, -0.15) is 0 Å². The number of aliphatic hydroxyl groups is 1. The van der Waals surface area contributed by atoms with Crippen LogP contribution in [0, 0.1) is 11.8 Å². The number of hydrogen-bond donors (Lipinski definition) is 2. The number of rotatable bonds is 6. The third kappa shape index (κ3) is 5.35. The zero-order valence-electron chi connectivity index (χ0n) is 16.8. The molecule has 0 radical (unpaired) electrons. The van der Waals surface area contributed by atoms with Gasteiger partial charge in [-0.15, -0.1) is 0 Å². The van der Waals surface area contributed by atoms with Crippen LogP contribution in [0.5, 0.6) is 0 Å².